The van der Waals surface area contributed by atoms with Gasteiger partial charge in [0.05, 0.1) is 16.7 Å². The molecule has 1 aliphatic carbocycles. The van der Waals surface area contributed by atoms with Gasteiger partial charge >= 0.3 is 0 Å². The Hall–Kier alpha value is -3.03. The lowest BCUT2D eigenvalue weighted by atomic mass is 9.81. The monoisotopic (exact) mass is 391 g/mol. The topological polar surface area (TPSA) is 4.93 Å². The predicted molar refractivity (Wildman–Crippen MR) is 122 cm³/mol. The average molecular weight is 392 g/mol. The molecule has 7 rings (SSSR count). The lowest BCUT2D eigenvalue weighted by molar-refractivity contribution is 0.661. The molecule has 138 valence electrons. The second kappa shape index (κ2) is 4.93. The normalized spacial score (nSPS) is 15.0. The van der Waals surface area contributed by atoms with E-state index in [-0.39, 0.29) is 5.41 Å². The van der Waals surface area contributed by atoms with Gasteiger partial charge in [-0.15, -0.1) is 0 Å². The van der Waals surface area contributed by atoms with Crippen LogP contribution in [-0.2, 0) is 5.41 Å². The van der Waals surface area contributed by atoms with Crippen molar-refractivity contribution in [3.8, 4) is 27.9 Å². The van der Waals surface area contributed by atoms with Crippen LogP contribution in [0.15, 0.2) is 72.8 Å². The summed E-state index contributed by atoms with van der Waals surface area (Å²) in [5.41, 5.74) is 11.9. The predicted octanol–water partition coefficient (Wildman–Crippen LogP) is 7.72. The Morgan fingerprint density at radius 2 is 1.48 bits per heavy atom. The Morgan fingerprint density at radius 3 is 2.38 bits per heavy atom. The summed E-state index contributed by atoms with van der Waals surface area (Å²) in [6.45, 7) is 4.70. The third-order valence-corrected chi connectivity index (χ3v) is 7.22. The highest BCUT2D eigenvalue weighted by atomic mass is 35.5. The third kappa shape index (κ3) is 1.70. The fourth-order valence-corrected chi connectivity index (χ4v) is 5.88. The van der Waals surface area contributed by atoms with Crippen molar-refractivity contribution in [1.82, 2.24) is 4.57 Å². The van der Waals surface area contributed by atoms with Crippen LogP contribution in [0, 0.1) is 0 Å². The zero-order chi connectivity index (χ0) is 19.5. The molecule has 0 unspecified atom stereocenters. The largest absolute Gasteiger partial charge is 0.308 e. The van der Waals surface area contributed by atoms with Crippen molar-refractivity contribution in [2.45, 2.75) is 19.3 Å². The summed E-state index contributed by atoms with van der Waals surface area (Å²) in [5.74, 6) is 0. The molecule has 0 spiro atoms. The van der Waals surface area contributed by atoms with Gasteiger partial charge in [-0.2, -0.15) is 0 Å². The number of aromatic nitrogens is 1. The number of hydrogen-bond donors (Lipinski definition) is 0. The van der Waals surface area contributed by atoms with Gasteiger partial charge in [0.25, 0.3) is 0 Å². The summed E-state index contributed by atoms with van der Waals surface area (Å²) < 4.78 is 2.44. The quantitative estimate of drug-likeness (QED) is 0.249. The van der Waals surface area contributed by atoms with E-state index in [1.165, 1.54) is 60.9 Å². The van der Waals surface area contributed by atoms with E-state index >= 15 is 0 Å². The molecule has 29 heavy (non-hydrogen) atoms. The van der Waals surface area contributed by atoms with Gasteiger partial charge in [-0.25, -0.2) is 0 Å². The SMILES string of the molecule is CC1(C)c2cccc3c2-c2c1ccc1c4ccc(Cl)cc4n(c21)-c1ccccc1-3. The summed E-state index contributed by atoms with van der Waals surface area (Å²) in [6, 6.07) is 26.5. The van der Waals surface area contributed by atoms with E-state index in [1.807, 2.05) is 6.07 Å². The molecule has 0 saturated heterocycles. The van der Waals surface area contributed by atoms with Crippen LogP contribution in [-0.4, -0.2) is 4.57 Å². The summed E-state index contributed by atoms with van der Waals surface area (Å²) >= 11 is 6.46. The highest BCUT2D eigenvalue weighted by Gasteiger charge is 2.40. The molecule has 0 saturated carbocycles. The minimum Gasteiger partial charge on any atom is -0.308 e. The van der Waals surface area contributed by atoms with Crippen molar-refractivity contribution in [3.05, 3.63) is 88.9 Å². The first-order chi connectivity index (χ1) is 14.1. The Balaban J connectivity index is 1.87. The van der Waals surface area contributed by atoms with Crippen molar-refractivity contribution in [2.75, 3.05) is 0 Å². The van der Waals surface area contributed by atoms with Gasteiger partial charge in [-0.3, -0.25) is 0 Å². The lowest BCUT2D eigenvalue weighted by Gasteiger charge is -2.22. The van der Waals surface area contributed by atoms with Crippen molar-refractivity contribution >= 4 is 33.4 Å². The van der Waals surface area contributed by atoms with Crippen LogP contribution >= 0.6 is 11.6 Å². The van der Waals surface area contributed by atoms with Crippen LogP contribution in [0.2, 0.25) is 5.02 Å². The zero-order valence-electron chi connectivity index (χ0n) is 16.3. The van der Waals surface area contributed by atoms with E-state index < -0.39 is 0 Å². The zero-order valence-corrected chi connectivity index (χ0v) is 17.0. The van der Waals surface area contributed by atoms with Gasteiger partial charge in [0.1, 0.15) is 0 Å². The lowest BCUT2D eigenvalue weighted by Crippen LogP contribution is -2.15. The Morgan fingerprint density at radius 1 is 0.724 bits per heavy atom. The summed E-state index contributed by atoms with van der Waals surface area (Å²) in [6.07, 6.45) is 0. The third-order valence-electron chi connectivity index (χ3n) is 6.99. The highest BCUT2D eigenvalue weighted by Crippen LogP contribution is 2.57. The standard InChI is InChI=1S/C27H18ClN/c1-27(2)20-8-5-7-18-16-6-3-4-9-22(16)29-23-14-15(28)10-11-17(23)19-12-13-21(27)25(24(18)20)26(19)29/h3-14H,1-2H3. The first kappa shape index (κ1) is 15.8. The van der Waals surface area contributed by atoms with Crippen LogP contribution in [0.3, 0.4) is 0 Å². The molecule has 0 amide bonds. The van der Waals surface area contributed by atoms with Crippen molar-refractivity contribution in [1.29, 1.82) is 0 Å². The fourth-order valence-electron chi connectivity index (χ4n) is 5.71. The van der Waals surface area contributed by atoms with Crippen LogP contribution in [0.1, 0.15) is 25.0 Å². The molecule has 0 N–H and O–H groups in total. The van der Waals surface area contributed by atoms with Crippen molar-refractivity contribution < 1.29 is 0 Å². The molecule has 2 aliphatic rings. The Bertz CT molecular complexity index is 1530. The van der Waals surface area contributed by atoms with Crippen LogP contribution in [0.4, 0.5) is 0 Å². The van der Waals surface area contributed by atoms with Gasteiger partial charge < -0.3 is 4.57 Å². The maximum absolute atomic E-state index is 6.46. The second-order valence-electron chi connectivity index (χ2n) is 8.75. The molecule has 1 aliphatic heterocycles. The summed E-state index contributed by atoms with van der Waals surface area (Å²) in [4.78, 5) is 0. The van der Waals surface area contributed by atoms with Gasteiger partial charge in [0.15, 0.2) is 0 Å². The maximum Gasteiger partial charge on any atom is 0.0623 e. The van der Waals surface area contributed by atoms with Crippen LogP contribution < -0.4 is 0 Å². The van der Waals surface area contributed by atoms with Crippen LogP contribution in [0.5, 0.6) is 0 Å². The Kier molecular flexibility index (Phi) is 2.69. The van der Waals surface area contributed by atoms with E-state index in [0.717, 1.165) is 5.02 Å². The molecule has 1 nitrogen and oxygen atoms in total. The molecular weight excluding hydrogens is 374 g/mol. The molecule has 2 heteroatoms. The number of rotatable bonds is 0. The number of hydrogen-bond acceptors (Lipinski definition) is 0. The first-order valence-corrected chi connectivity index (χ1v) is 10.5. The summed E-state index contributed by atoms with van der Waals surface area (Å²) in [5, 5.41) is 3.33. The maximum atomic E-state index is 6.46. The molecule has 2 heterocycles. The second-order valence-corrected chi connectivity index (χ2v) is 9.19. The molecule has 0 radical (unpaired) electrons. The number of nitrogens with zero attached hydrogens (tertiary/aromatic N) is 1. The number of para-hydroxylation sites is 1. The number of fused-ring (bicyclic) bond motifs is 6. The minimum absolute atomic E-state index is 0.0138. The van der Waals surface area contributed by atoms with Crippen molar-refractivity contribution in [3.63, 3.8) is 0 Å². The molecule has 0 bridgehead atoms. The molecule has 4 aromatic carbocycles. The number of benzene rings is 4. The van der Waals surface area contributed by atoms with E-state index in [4.69, 9.17) is 11.6 Å². The minimum atomic E-state index is -0.0138. The first-order valence-electron chi connectivity index (χ1n) is 10.1. The van der Waals surface area contributed by atoms with E-state index in [1.54, 1.807) is 0 Å². The molecule has 1 aromatic heterocycles. The van der Waals surface area contributed by atoms with Gasteiger partial charge in [0.2, 0.25) is 0 Å². The molecule has 0 fully saturated rings. The van der Waals surface area contributed by atoms with E-state index in [0.29, 0.717) is 0 Å². The fraction of sp³-hybridized carbons (Fsp3) is 0.111. The summed E-state index contributed by atoms with van der Waals surface area (Å²) in [7, 11) is 0. The molecular formula is C27H18ClN. The van der Waals surface area contributed by atoms with Gasteiger partial charge in [-0.05, 0) is 40.5 Å². The Labute approximate surface area is 174 Å². The molecule has 0 atom stereocenters. The van der Waals surface area contributed by atoms with E-state index in [2.05, 4.69) is 85.1 Å². The van der Waals surface area contributed by atoms with Gasteiger partial charge in [-0.1, -0.05) is 80.0 Å². The number of halogens is 1. The van der Waals surface area contributed by atoms with E-state index in [9.17, 15) is 0 Å². The highest BCUT2D eigenvalue weighted by molar-refractivity contribution is 6.32. The molecule has 5 aromatic rings. The van der Waals surface area contributed by atoms with Crippen molar-refractivity contribution in [2.24, 2.45) is 0 Å². The smallest absolute Gasteiger partial charge is 0.0623 e. The van der Waals surface area contributed by atoms with Gasteiger partial charge in [0, 0.05) is 32.3 Å². The van der Waals surface area contributed by atoms with Crippen LogP contribution in [0.25, 0.3) is 49.7 Å². The average Bonchev–Trinajstić information content (AvgIpc) is 3.11.